The molecular formula is C14H16BrNO3. The molecule has 4 nitrogen and oxygen atoms in total. The van der Waals surface area contributed by atoms with E-state index in [4.69, 9.17) is 5.11 Å². The van der Waals surface area contributed by atoms with Gasteiger partial charge in [-0.25, -0.2) is 0 Å². The fraction of sp³-hybridized carbons (Fsp3) is 0.429. The fourth-order valence-corrected chi connectivity index (χ4v) is 2.49. The molecule has 0 heterocycles. The highest BCUT2D eigenvalue weighted by Crippen LogP contribution is 2.27. The smallest absolute Gasteiger partial charge is 0.323 e. The Kier molecular flexibility index (Phi) is 4.58. The second kappa shape index (κ2) is 6.19. The van der Waals surface area contributed by atoms with E-state index in [0.29, 0.717) is 12.8 Å². The van der Waals surface area contributed by atoms with Crippen molar-refractivity contribution < 1.29 is 14.7 Å². The molecule has 1 aliphatic rings. The van der Waals surface area contributed by atoms with Gasteiger partial charge in [0.1, 0.15) is 6.54 Å². The van der Waals surface area contributed by atoms with E-state index in [9.17, 15) is 9.59 Å². The van der Waals surface area contributed by atoms with Crippen molar-refractivity contribution in [3.63, 3.8) is 0 Å². The average Bonchev–Trinajstić information content (AvgIpc) is 3.17. The van der Waals surface area contributed by atoms with Gasteiger partial charge in [0, 0.05) is 16.9 Å². The molecule has 1 fully saturated rings. The summed E-state index contributed by atoms with van der Waals surface area (Å²) in [5, 5.41) is 8.83. The molecule has 0 aliphatic heterocycles. The number of aryl methyl sites for hydroxylation is 1. The van der Waals surface area contributed by atoms with E-state index in [0.717, 1.165) is 22.9 Å². The maximum atomic E-state index is 12.1. The third-order valence-corrected chi connectivity index (χ3v) is 3.62. The Morgan fingerprint density at radius 3 is 2.68 bits per heavy atom. The van der Waals surface area contributed by atoms with Crippen LogP contribution in [0.4, 0.5) is 0 Å². The van der Waals surface area contributed by atoms with Gasteiger partial charge in [0.25, 0.3) is 0 Å². The minimum Gasteiger partial charge on any atom is -0.480 e. The largest absolute Gasteiger partial charge is 0.480 e. The van der Waals surface area contributed by atoms with Gasteiger partial charge >= 0.3 is 5.97 Å². The number of halogens is 1. The van der Waals surface area contributed by atoms with Crippen molar-refractivity contribution in [2.24, 2.45) is 0 Å². The minimum absolute atomic E-state index is 0.0649. The van der Waals surface area contributed by atoms with Crippen LogP contribution in [0.5, 0.6) is 0 Å². The Balaban J connectivity index is 1.90. The summed E-state index contributed by atoms with van der Waals surface area (Å²) >= 11 is 3.39. The van der Waals surface area contributed by atoms with Gasteiger partial charge in [0.2, 0.25) is 5.91 Å². The number of benzene rings is 1. The number of carboxylic acid groups (broad SMARTS) is 1. The van der Waals surface area contributed by atoms with E-state index in [1.807, 2.05) is 24.3 Å². The SMILES string of the molecule is O=C(O)CN(C(=O)CCc1cccc(Br)c1)C1CC1. The number of aliphatic carboxylic acids is 1. The maximum Gasteiger partial charge on any atom is 0.323 e. The Morgan fingerprint density at radius 2 is 2.11 bits per heavy atom. The number of carbonyl (C=O) groups is 2. The van der Waals surface area contributed by atoms with Gasteiger partial charge in [-0.05, 0) is 37.0 Å². The third kappa shape index (κ3) is 4.35. The zero-order valence-electron chi connectivity index (χ0n) is 10.5. The molecular weight excluding hydrogens is 310 g/mol. The summed E-state index contributed by atoms with van der Waals surface area (Å²) in [7, 11) is 0. The Morgan fingerprint density at radius 1 is 1.37 bits per heavy atom. The normalized spacial score (nSPS) is 14.2. The van der Waals surface area contributed by atoms with E-state index >= 15 is 0 Å². The standard InChI is InChI=1S/C14H16BrNO3/c15-11-3-1-2-10(8-11)4-7-13(17)16(9-14(18)19)12-5-6-12/h1-3,8,12H,4-7,9H2,(H,18,19). The lowest BCUT2D eigenvalue weighted by Gasteiger charge is -2.20. The summed E-state index contributed by atoms with van der Waals surface area (Å²) in [6.07, 6.45) is 2.85. The monoisotopic (exact) mass is 325 g/mol. The molecule has 1 aliphatic carbocycles. The number of nitrogens with zero attached hydrogens (tertiary/aromatic N) is 1. The van der Waals surface area contributed by atoms with Crippen molar-refractivity contribution in [1.82, 2.24) is 4.90 Å². The Labute approximate surface area is 120 Å². The van der Waals surface area contributed by atoms with Crippen LogP contribution in [-0.4, -0.2) is 34.5 Å². The summed E-state index contributed by atoms with van der Waals surface area (Å²) in [5.41, 5.74) is 1.08. The summed E-state index contributed by atoms with van der Waals surface area (Å²) in [4.78, 5) is 24.3. The zero-order chi connectivity index (χ0) is 13.8. The third-order valence-electron chi connectivity index (χ3n) is 3.13. The second-order valence-corrected chi connectivity index (χ2v) is 5.69. The number of hydrogen-bond acceptors (Lipinski definition) is 2. The molecule has 0 unspecified atom stereocenters. The first-order chi connectivity index (χ1) is 9.06. The molecule has 0 bridgehead atoms. The highest BCUT2D eigenvalue weighted by molar-refractivity contribution is 9.10. The molecule has 0 spiro atoms. The van der Waals surface area contributed by atoms with Crippen molar-refractivity contribution >= 4 is 27.8 Å². The fourth-order valence-electron chi connectivity index (χ4n) is 2.04. The number of hydrogen-bond donors (Lipinski definition) is 1. The van der Waals surface area contributed by atoms with Crippen LogP contribution >= 0.6 is 15.9 Å². The van der Waals surface area contributed by atoms with Crippen molar-refractivity contribution in [2.75, 3.05) is 6.54 Å². The second-order valence-electron chi connectivity index (χ2n) is 4.78. The molecule has 5 heteroatoms. The molecule has 1 amide bonds. The highest BCUT2D eigenvalue weighted by atomic mass is 79.9. The van der Waals surface area contributed by atoms with Crippen LogP contribution in [0.1, 0.15) is 24.8 Å². The van der Waals surface area contributed by atoms with Crippen LogP contribution in [0.2, 0.25) is 0 Å². The quantitative estimate of drug-likeness (QED) is 0.874. The van der Waals surface area contributed by atoms with Crippen LogP contribution in [0.15, 0.2) is 28.7 Å². The van der Waals surface area contributed by atoms with Crippen LogP contribution < -0.4 is 0 Å². The predicted molar refractivity (Wildman–Crippen MR) is 74.8 cm³/mol. The molecule has 0 atom stereocenters. The first-order valence-corrected chi connectivity index (χ1v) is 7.11. The van der Waals surface area contributed by atoms with Gasteiger partial charge in [-0.2, -0.15) is 0 Å². The van der Waals surface area contributed by atoms with E-state index in [2.05, 4.69) is 15.9 Å². The molecule has 2 rings (SSSR count). The van der Waals surface area contributed by atoms with Crippen LogP contribution in [0.3, 0.4) is 0 Å². The van der Waals surface area contributed by atoms with E-state index < -0.39 is 5.97 Å². The van der Waals surface area contributed by atoms with Gasteiger partial charge in [0.15, 0.2) is 0 Å². The first-order valence-electron chi connectivity index (χ1n) is 6.32. The number of carboxylic acids is 1. The Hall–Kier alpha value is -1.36. The molecule has 0 radical (unpaired) electrons. The van der Waals surface area contributed by atoms with E-state index in [1.54, 1.807) is 0 Å². The number of amides is 1. The lowest BCUT2D eigenvalue weighted by molar-refractivity contribution is -0.144. The summed E-state index contributed by atoms with van der Waals surface area (Å²) in [6.45, 7) is -0.179. The van der Waals surface area contributed by atoms with E-state index in [-0.39, 0.29) is 18.5 Å². The van der Waals surface area contributed by atoms with E-state index in [1.165, 1.54) is 4.90 Å². The Bertz CT molecular complexity index is 485. The van der Waals surface area contributed by atoms with Gasteiger partial charge in [-0.15, -0.1) is 0 Å². The lowest BCUT2D eigenvalue weighted by atomic mass is 10.1. The topological polar surface area (TPSA) is 57.6 Å². The molecule has 1 aromatic carbocycles. The van der Waals surface area contributed by atoms with Gasteiger partial charge in [0.05, 0.1) is 0 Å². The highest BCUT2D eigenvalue weighted by Gasteiger charge is 2.33. The summed E-state index contributed by atoms with van der Waals surface area (Å²) < 4.78 is 0.988. The van der Waals surface area contributed by atoms with Gasteiger partial charge < -0.3 is 10.0 Å². The van der Waals surface area contributed by atoms with Crippen molar-refractivity contribution in [1.29, 1.82) is 0 Å². The summed E-state index contributed by atoms with van der Waals surface area (Å²) in [5.74, 6) is -1.01. The lowest BCUT2D eigenvalue weighted by Crippen LogP contribution is -2.37. The van der Waals surface area contributed by atoms with Crippen LogP contribution in [0.25, 0.3) is 0 Å². The van der Waals surface area contributed by atoms with Crippen LogP contribution in [-0.2, 0) is 16.0 Å². The average molecular weight is 326 g/mol. The first kappa shape index (κ1) is 14.1. The predicted octanol–water partition coefficient (Wildman–Crippen LogP) is 2.46. The molecule has 0 aromatic heterocycles. The molecule has 1 saturated carbocycles. The van der Waals surface area contributed by atoms with Crippen LogP contribution in [0, 0.1) is 0 Å². The number of carbonyl (C=O) groups excluding carboxylic acids is 1. The van der Waals surface area contributed by atoms with Crippen molar-refractivity contribution in [2.45, 2.75) is 31.7 Å². The summed E-state index contributed by atoms with van der Waals surface area (Å²) in [6, 6.07) is 7.96. The minimum atomic E-state index is -0.942. The van der Waals surface area contributed by atoms with Gasteiger partial charge in [-0.1, -0.05) is 28.1 Å². The molecule has 1 N–H and O–H groups in total. The van der Waals surface area contributed by atoms with Crippen molar-refractivity contribution in [3.8, 4) is 0 Å². The molecule has 0 saturated heterocycles. The zero-order valence-corrected chi connectivity index (χ0v) is 12.1. The number of rotatable bonds is 6. The molecule has 102 valence electrons. The molecule has 1 aromatic rings. The van der Waals surface area contributed by atoms with Gasteiger partial charge in [-0.3, -0.25) is 9.59 Å². The maximum absolute atomic E-state index is 12.1. The van der Waals surface area contributed by atoms with Crippen molar-refractivity contribution in [3.05, 3.63) is 34.3 Å². The molecule has 19 heavy (non-hydrogen) atoms.